The summed E-state index contributed by atoms with van der Waals surface area (Å²) in [5.41, 5.74) is 2.42. The molecule has 0 heterocycles. The van der Waals surface area contributed by atoms with Crippen LogP contribution in [0, 0.1) is 12.7 Å². The van der Waals surface area contributed by atoms with Crippen LogP contribution in [0.5, 0.6) is 5.75 Å². The highest BCUT2D eigenvalue weighted by atomic mass is 19.1. The van der Waals surface area contributed by atoms with Gasteiger partial charge >= 0.3 is 0 Å². The van der Waals surface area contributed by atoms with Gasteiger partial charge in [-0.1, -0.05) is 12.1 Å². The second-order valence-corrected chi connectivity index (χ2v) is 5.62. The summed E-state index contributed by atoms with van der Waals surface area (Å²) in [6.45, 7) is 3.40. The molecule has 24 heavy (non-hydrogen) atoms. The van der Waals surface area contributed by atoms with Gasteiger partial charge in [-0.2, -0.15) is 0 Å². The maximum absolute atomic E-state index is 13.5. The molecule has 126 valence electrons. The highest BCUT2D eigenvalue weighted by Crippen LogP contribution is 2.21. The average molecular weight is 329 g/mol. The first kappa shape index (κ1) is 17.7. The highest BCUT2D eigenvalue weighted by molar-refractivity contribution is 5.94. The average Bonchev–Trinajstić information content (AvgIpc) is 2.55. The van der Waals surface area contributed by atoms with E-state index >= 15 is 0 Å². The lowest BCUT2D eigenvalue weighted by Gasteiger charge is -2.11. The van der Waals surface area contributed by atoms with Crippen LogP contribution in [0.3, 0.4) is 0 Å². The molecular weight excluding hydrogens is 309 g/mol. The number of ether oxygens (including phenoxy) is 1. The highest BCUT2D eigenvalue weighted by Gasteiger charge is 2.11. The molecule has 4 nitrogen and oxygen atoms in total. The third-order valence-corrected chi connectivity index (χ3v) is 3.76. The fraction of sp³-hybridized carbons (Fsp3) is 0.263. The number of carbonyl (C=O) groups excluding carboxylic acids is 2. The molecule has 5 heteroatoms. The molecule has 0 bridgehead atoms. The minimum absolute atomic E-state index is 0.0746. The van der Waals surface area contributed by atoms with Gasteiger partial charge in [0.2, 0.25) is 5.91 Å². The molecule has 0 aliphatic heterocycles. The number of benzene rings is 2. The number of methoxy groups -OCH3 is 1. The maximum Gasteiger partial charge on any atom is 0.224 e. The van der Waals surface area contributed by atoms with E-state index in [-0.39, 0.29) is 30.5 Å². The summed E-state index contributed by atoms with van der Waals surface area (Å²) in [6.07, 6.45) is 0.0820. The third kappa shape index (κ3) is 4.41. The summed E-state index contributed by atoms with van der Waals surface area (Å²) in [7, 11) is 1.51. The lowest BCUT2D eigenvalue weighted by molar-refractivity contribution is -0.120. The first-order valence-corrected chi connectivity index (χ1v) is 7.60. The summed E-state index contributed by atoms with van der Waals surface area (Å²) in [6, 6.07) is 9.86. The van der Waals surface area contributed by atoms with E-state index in [4.69, 9.17) is 4.74 Å². The zero-order chi connectivity index (χ0) is 17.7. The molecule has 0 unspecified atom stereocenters. The Morgan fingerprint density at radius 3 is 2.54 bits per heavy atom. The van der Waals surface area contributed by atoms with Gasteiger partial charge < -0.3 is 10.1 Å². The molecule has 0 radical (unpaired) electrons. The van der Waals surface area contributed by atoms with E-state index < -0.39 is 0 Å². The van der Waals surface area contributed by atoms with Crippen molar-refractivity contribution >= 4 is 11.7 Å². The number of halogens is 1. The molecular formula is C19H20FNO3. The first-order valence-electron chi connectivity index (χ1n) is 7.60. The van der Waals surface area contributed by atoms with Crippen molar-refractivity contribution in [1.29, 1.82) is 0 Å². The van der Waals surface area contributed by atoms with Gasteiger partial charge in [-0.25, -0.2) is 4.39 Å². The number of hydrogen-bond acceptors (Lipinski definition) is 3. The number of aryl methyl sites for hydroxylation is 1. The van der Waals surface area contributed by atoms with Crippen LogP contribution < -0.4 is 10.1 Å². The summed E-state index contributed by atoms with van der Waals surface area (Å²) in [5.74, 6) is -0.0430. The van der Waals surface area contributed by atoms with Crippen LogP contribution in [0.15, 0.2) is 36.4 Å². The molecule has 0 aromatic heterocycles. The van der Waals surface area contributed by atoms with Gasteiger partial charge in [0.05, 0.1) is 13.5 Å². The Balaban J connectivity index is 2.04. The number of amides is 1. The van der Waals surface area contributed by atoms with Crippen molar-refractivity contribution in [3.05, 3.63) is 64.5 Å². The van der Waals surface area contributed by atoms with Crippen LogP contribution in [-0.4, -0.2) is 18.8 Å². The fourth-order valence-electron chi connectivity index (χ4n) is 2.32. The monoisotopic (exact) mass is 329 g/mol. The Morgan fingerprint density at radius 1 is 1.17 bits per heavy atom. The molecule has 0 aliphatic carbocycles. The molecule has 0 atom stereocenters. The predicted molar refractivity (Wildman–Crippen MR) is 89.7 cm³/mol. The van der Waals surface area contributed by atoms with Crippen LogP contribution >= 0.6 is 0 Å². The van der Waals surface area contributed by atoms with Gasteiger partial charge in [0, 0.05) is 17.7 Å². The summed E-state index contributed by atoms with van der Waals surface area (Å²) >= 11 is 0. The zero-order valence-electron chi connectivity index (χ0n) is 14.0. The minimum atomic E-state index is -0.294. The van der Waals surface area contributed by atoms with Gasteiger partial charge in [0.15, 0.2) is 5.78 Å². The zero-order valence-corrected chi connectivity index (χ0v) is 14.0. The molecule has 0 fully saturated rings. The molecule has 2 rings (SSSR count). The van der Waals surface area contributed by atoms with Crippen molar-refractivity contribution in [3.63, 3.8) is 0 Å². The van der Waals surface area contributed by atoms with Crippen molar-refractivity contribution in [2.75, 3.05) is 7.11 Å². The number of hydrogen-bond donors (Lipinski definition) is 1. The third-order valence-electron chi connectivity index (χ3n) is 3.76. The maximum atomic E-state index is 13.5. The molecule has 1 N–H and O–H groups in total. The van der Waals surface area contributed by atoms with Gasteiger partial charge in [-0.15, -0.1) is 0 Å². The predicted octanol–water partition coefficient (Wildman–Crippen LogP) is 3.20. The van der Waals surface area contributed by atoms with E-state index in [0.717, 1.165) is 0 Å². The van der Waals surface area contributed by atoms with Gasteiger partial charge in [0.1, 0.15) is 11.6 Å². The van der Waals surface area contributed by atoms with Crippen molar-refractivity contribution in [1.82, 2.24) is 5.32 Å². The lowest BCUT2D eigenvalue weighted by Crippen LogP contribution is -2.25. The molecule has 2 aromatic rings. The Hall–Kier alpha value is -2.69. The summed E-state index contributed by atoms with van der Waals surface area (Å²) in [5, 5.41) is 2.75. The molecule has 0 aliphatic rings. The molecule has 2 aromatic carbocycles. The normalized spacial score (nSPS) is 10.3. The van der Waals surface area contributed by atoms with E-state index in [1.165, 1.54) is 20.1 Å². The van der Waals surface area contributed by atoms with Gasteiger partial charge in [-0.05, 0) is 49.2 Å². The Bertz CT molecular complexity index is 771. The van der Waals surface area contributed by atoms with E-state index in [1.807, 2.05) is 0 Å². The number of rotatable bonds is 6. The molecule has 0 saturated carbocycles. The van der Waals surface area contributed by atoms with Gasteiger partial charge in [-0.3, -0.25) is 9.59 Å². The Morgan fingerprint density at radius 2 is 1.92 bits per heavy atom. The van der Waals surface area contributed by atoms with Crippen LogP contribution in [0.4, 0.5) is 4.39 Å². The van der Waals surface area contributed by atoms with Crippen molar-refractivity contribution in [2.24, 2.45) is 0 Å². The standard InChI is InChI=1S/C19H20FNO3/c1-12-4-5-14(8-17(12)20)11-21-19(23)10-16-9-15(13(2)22)6-7-18(16)24-3/h4-9H,10-11H2,1-3H3,(H,21,23). The SMILES string of the molecule is COc1ccc(C(C)=O)cc1CC(=O)NCc1ccc(C)c(F)c1. The second kappa shape index (κ2) is 7.73. The fourth-order valence-corrected chi connectivity index (χ4v) is 2.32. The van der Waals surface area contributed by atoms with E-state index in [2.05, 4.69) is 5.32 Å². The number of nitrogens with one attached hydrogen (secondary N) is 1. The smallest absolute Gasteiger partial charge is 0.224 e. The molecule has 0 spiro atoms. The molecule has 1 amide bonds. The number of Topliss-reactive ketones (excluding diaryl/α,β-unsaturated/α-hetero) is 1. The van der Waals surface area contributed by atoms with Crippen LogP contribution in [-0.2, 0) is 17.8 Å². The van der Waals surface area contributed by atoms with Crippen LogP contribution in [0.1, 0.15) is 34.0 Å². The quantitative estimate of drug-likeness (QED) is 0.828. The van der Waals surface area contributed by atoms with E-state index in [9.17, 15) is 14.0 Å². The van der Waals surface area contributed by atoms with Crippen LogP contribution in [0.25, 0.3) is 0 Å². The Kier molecular flexibility index (Phi) is 5.68. The lowest BCUT2D eigenvalue weighted by atomic mass is 10.0. The van der Waals surface area contributed by atoms with E-state index in [1.54, 1.807) is 37.3 Å². The minimum Gasteiger partial charge on any atom is -0.496 e. The second-order valence-electron chi connectivity index (χ2n) is 5.62. The van der Waals surface area contributed by atoms with Crippen molar-refractivity contribution < 1.29 is 18.7 Å². The Labute approximate surface area is 140 Å². The van der Waals surface area contributed by atoms with Crippen molar-refractivity contribution in [2.45, 2.75) is 26.8 Å². The van der Waals surface area contributed by atoms with Crippen molar-refractivity contribution in [3.8, 4) is 5.75 Å². The summed E-state index contributed by atoms with van der Waals surface area (Å²) < 4.78 is 18.7. The first-order chi connectivity index (χ1) is 11.4. The summed E-state index contributed by atoms with van der Waals surface area (Å²) in [4.78, 5) is 23.6. The van der Waals surface area contributed by atoms with Gasteiger partial charge in [0.25, 0.3) is 0 Å². The number of carbonyl (C=O) groups is 2. The largest absolute Gasteiger partial charge is 0.496 e. The topological polar surface area (TPSA) is 55.4 Å². The number of ketones is 1. The van der Waals surface area contributed by atoms with E-state index in [0.29, 0.717) is 28.0 Å². The van der Waals surface area contributed by atoms with Crippen LogP contribution in [0.2, 0.25) is 0 Å². The molecule has 0 saturated heterocycles.